The Kier molecular flexibility index (Phi) is 5.33. The molecule has 0 bridgehead atoms. The van der Waals surface area contributed by atoms with Gasteiger partial charge in [-0.2, -0.15) is 0 Å². The molecule has 20 heavy (non-hydrogen) atoms. The summed E-state index contributed by atoms with van der Waals surface area (Å²) in [5, 5.41) is 0. The summed E-state index contributed by atoms with van der Waals surface area (Å²) in [6.45, 7) is 0. The van der Waals surface area contributed by atoms with Crippen molar-refractivity contribution in [3.05, 3.63) is 47.9 Å². The van der Waals surface area contributed by atoms with Crippen molar-refractivity contribution in [1.82, 2.24) is 9.97 Å². The summed E-state index contributed by atoms with van der Waals surface area (Å²) in [7, 11) is 1.61. The van der Waals surface area contributed by atoms with Crippen LogP contribution in [-0.2, 0) is 27.9 Å². The minimum absolute atomic E-state index is 0.143. The van der Waals surface area contributed by atoms with Crippen LogP contribution in [0.4, 0.5) is 0 Å². The summed E-state index contributed by atoms with van der Waals surface area (Å²) in [5.74, 6) is 0.143. The van der Waals surface area contributed by atoms with E-state index in [9.17, 15) is 0 Å². The number of benzene rings is 1. The van der Waals surface area contributed by atoms with E-state index in [1.165, 1.54) is 19.4 Å². The average molecular weight is 499 g/mol. The molecule has 1 aromatic heterocycles. The van der Waals surface area contributed by atoms with Crippen LogP contribution in [0.1, 0.15) is 11.4 Å². The molecule has 2 aromatic rings. The van der Waals surface area contributed by atoms with E-state index in [1.54, 1.807) is 13.3 Å². The molecule has 1 aromatic carbocycles. The third-order valence-corrected chi connectivity index (χ3v) is 4.39. The van der Waals surface area contributed by atoms with E-state index in [0.29, 0.717) is 5.69 Å². The van der Waals surface area contributed by atoms with Crippen molar-refractivity contribution in [3.8, 4) is 11.3 Å². The molecular formula is C13H9Cl3N2OW. The van der Waals surface area contributed by atoms with Gasteiger partial charge in [-0.1, -0.05) is 0 Å². The van der Waals surface area contributed by atoms with E-state index in [4.69, 9.17) is 39.5 Å². The average Bonchev–Trinajstić information content (AvgIpc) is 2.46. The summed E-state index contributed by atoms with van der Waals surface area (Å²) in [5.41, 5.74) is 2.40. The van der Waals surface area contributed by atoms with Crippen LogP contribution in [0.3, 0.4) is 0 Å². The maximum atomic E-state index is 5.86. The molecule has 1 heterocycles. The number of hydrogen-bond donors (Lipinski definition) is 0. The summed E-state index contributed by atoms with van der Waals surface area (Å²) in [6, 6.07) is 9.65. The molecule has 3 nitrogen and oxygen atoms in total. The first-order chi connectivity index (χ1) is 9.43. The van der Waals surface area contributed by atoms with Gasteiger partial charge < -0.3 is 0 Å². The Bertz CT molecular complexity index is 629. The van der Waals surface area contributed by atoms with Gasteiger partial charge in [-0.05, 0) is 0 Å². The topological polar surface area (TPSA) is 35.0 Å². The zero-order valence-corrected chi connectivity index (χ0v) is 15.5. The monoisotopic (exact) mass is 498 g/mol. The molecule has 0 aliphatic carbocycles. The first-order valence-electron chi connectivity index (χ1n) is 5.51. The van der Waals surface area contributed by atoms with Crippen LogP contribution in [0.5, 0.6) is 0 Å². The summed E-state index contributed by atoms with van der Waals surface area (Å²) in [6.07, 6.45) is 1.62. The second kappa shape index (κ2) is 6.63. The van der Waals surface area contributed by atoms with Gasteiger partial charge in [0, 0.05) is 0 Å². The van der Waals surface area contributed by atoms with Crippen molar-refractivity contribution in [2.75, 3.05) is 7.11 Å². The number of nitrogens with zero attached hydrogens (tertiary/aromatic N) is 2. The molecule has 2 rings (SSSR count). The first kappa shape index (κ1) is 16.1. The van der Waals surface area contributed by atoms with Gasteiger partial charge in [-0.3, -0.25) is 0 Å². The molecule has 0 aliphatic heterocycles. The minimum atomic E-state index is -1.66. The zero-order valence-electron chi connectivity index (χ0n) is 10.3. The molecule has 0 N–H and O–H groups in total. The molecule has 0 aliphatic rings. The van der Waals surface area contributed by atoms with Gasteiger partial charge in [0.15, 0.2) is 0 Å². The first-order valence-corrected chi connectivity index (χ1v) is 8.11. The van der Waals surface area contributed by atoms with E-state index in [-0.39, 0.29) is 5.82 Å². The van der Waals surface area contributed by atoms with Crippen LogP contribution in [0.2, 0.25) is 0 Å². The number of alkyl halides is 3. The maximum absolute atomic E-state index is 5.86. The van der Waals surface area contributed by atoms with Crippen LogP contribution < -0.4 is 0 Å². The van der Waals surface area contributed by atoms with E-state index < -0.39 is 3.79 Å². The number of ether oxygens (including phenoxy) is 1. The van der Waals surface area contributed by atoms with E-state index in [0.717, 1.165) is 15.2 Å². The number of methoxy groups -OCH3 is 1. The van der Waals surface area contributed by atoms with Gasteiger partial charge >= 0.3 is 143 Å². The molecule has 0 saturated heterocycles. The van der Waals surface area contributed by atoms with Crippen molar-refractivity contribution in [2.45, 2.75) is 3.79 Å². The zero-order chi connectivity index (χ0) is 14.8. The van der Waals surface area contributed by atoms with E-state index in [1.807, 2.05) is 30.3 Å². The predicted molar refractivity (Wildman–Crippen MR) is 77.8 cm³/mol. The van der Waals surface area contributed by atoms with Crippen molar-refractivity contribution in [2.24, 2.45) is 0 Å². The third kappa shape index (κ3) is 3.66. The molecule has 0 fully saturated rings. The second-order valence-corrected chi connectivity index (χ2v) is 7.42. The molecule has 0 amide bonds. The van der Waals surface area contributed by atoms with Crippen molar-refractivity contribution < 1.29 is 24.1 Å². The molecule has 104 valence electrons. The SMILES string of the molecule is CO[C](=[W])c1cnc(C(Cl)(Cl)Cl)nc1-c1ccccc1. The Hall–Kier alpha value is -0.312. The quantitative estimate of drug-likeness (QED) is 0.606. The Morgan fingerprint density at radius 2 is 1.85 bits per heavy atom. The Morgan fingerprint density at radius 3 is 2.40 bits per heavy atom. The fraction of sp³-hybridized carbons (Fsp3) is 0.154. The number of rotatable bonds is 3. The molecule has 0 saturated carbocycles. The van der Waals surface area contributed by atoms with E-state index in [2.05, 4.69) is 9.97 Å². The van der Waals surface area contributed by atoms with Crippen LogP contribution >= 0.6 is 34.8 Å². The fourth-order valence-corrected chi connectivity index (χ4v) is 2.40. The molecular weight excluding hydrogens is 490 g/mol. The van der Waals surface area contributed by atoms with Gasteiger partial charge in [-0.15, -0.1) is 0 Å². The van der Waals surface area contributed by atoms with Gasteiger partial charge in [-0.25, -0.2) is 0 Å². The van der Waals surface area contributed by atoms with Crippen molar-refractivity contribution in [1.29, 1.82) is 0 Å². The second-order valence-electron chi connectivity index (χ2n) is 3.81. The summed E-state index contributed by atoms with van der Waals surface area (Å²) < 4.78 is 4.42. The molecule has 0 radical (unpaired) electrons. The summed E-state index contributed by atoms with van der Waals surface area (Å²) >= 11 is 18.7. The molecule has 0 atom stereocenters. The molecule has 0 unspecified atom stereocenters. The van der Waals surface area contributed by atoms with Crippen LogP contribution in [0.15, 0.2) is 36.5 Å². The van der Waals surface area contributed by atoms with Crippen LogP contribution in [0.25, 0.3) is 11.3 Å². The standard InChI is InChI=1S/C13H9Cl3N2O.W/c1-19-8-10-7-17-12(13(14,15)16)18-11(10)9-5-3-2-4-6-9;/h2-7H,1H3;. The summed E-state index contributed by atoms with van der Waals surface area (Å²) in [4.78, 5) is 8.50. The molecule has 7 heteroatoms. The van der Waals surface area contributed by atoms with Gasteiger partial charge in [0.05, 0.1) is 0 Å². The van der Waals surface area contributed by atoms with Gasteiger partial charge in [0.1, 0.15) is 0 Å². The van der Waals surface area contributed by atoms with Crippen molar-refractivity contribution in [3.63, 3.8) is 0 Å². The fourth-order valence-electron chi connectivity index (χ4n) is 1.59. The number of hydrogen-bond acceptors (Lipinski definition) is 3. The Balaban J connectivity index is 2.64. The normalized spacial score (nSPS) is 11.4. The third-order valence-electron chi connectivity index (χ3n) is 2.49. The van der Waals surface area contributed by atoms with Gasteiger partial charge in [0.2, 0.25) is 0 Å². The molecule has 0 spiro atoms. The van der Waals surface area contributed by atoms with Crippen LogP contribution in [-0.4, -0.2) is 21.2 Å². The van der Waals surface area contributed by atoms with Crippen LogP contribution in [0, 0.1) is 0 Å². The predicted octanol–water partition coefficient (Wildman–Crippen LogP) is 3.64. The number of halogens is 3. The Labute approximate surface area is 142 Å². The van der Waals surface area contributed by atoms with E-state index >= 15 is 0 Å². The van der Waals surface area contributed by atoms with Crippen molar-refractivity contribution >= 4 is 38.9 Å². The Morgan fingerprint density at radius 1 is 1.20 bits per heavy atom. The number of aromatic nitrogens is 2. The van der Waals surface area contributed by atoms with Gasteiger partial charge in [0.25, 0.3) is 0 Å².